The molecular weight excluding hydrogens is 192 g/mol. The summed E-state index contributed by atoms with van der Waals surface area (Å²) in [6, 6.07) is 0.168. The summed E-state index contributed by atoms with van der Waals surface area (Å²) in [5.74, 6) is 0.732. The molecule has 0 bridgehead atoms. The van der Waals surface area contributed by atoms with Crippen LogP contribution in [0, 0.1) is 13.8 Å². The van der Waals surface area contributed by atoms with E-state index in [0.29, 0.717) is 0 Å². The molecule has 5 heteroatoms. The van der Waals surface area contributed by atoms with Crippen molar-refractivity contribution in [1.82, 2.24) is 20.2 Å². The number of carbonyl (C=O) groups is 1. The summed E-state index contributed by atoms with van der Waals surface area (Å²) in [5.41, 5.74) is 0.868. The van der Waals surface area contributed by atoms with Crippen molar-refractivity contribution in [3.05, 3.63) is 17.7 Å². The molecule has 2 N–H and O–H groups in total. The van der Waals surface area contributed by atoms with Gasteiger partial charge in [-0.1, -0.05) is 0 Å². The maximum absolute atomic E-state index is 11.8. The highest BCUT2D eigenvalue weighted by Crippen LogP contribution is 2.02. The third-order valence-corrected chi connectivity index (χ3v) is 2.61. The van der Waals surface area contributed by atoms with Gasteiger partial charge in [0.2, 0.25) is 0 Å². The van der Waals surface area contributed by atoms with Gasteiger partial charge < -0.3 is 10.6 Å². The van der Waals surface area contributed by atoms with Crippen molar-refractivity contribution in [2.24, 2.45) is 0 Å². The van der Waals surface area contributed by atoms with E-state index in [2.05, 4.69) is 15.6 Å². The summed E-state index contributed by atoms with van der Waals surface area (Å²) in [5, 5.41) is 6.18. The van der Waals surface area contributed by atoms with Gasteiger partial charge in [-0.15, -0.1) is 0 Å². The van der Waals surface area contributed by atoms with E-state index in [-0.39, 0.29) is 12.1 Å². The first-order valence-corrected chi connectivity index (χ1v) is 5.21. The van der Waals surface area contributed by atoms with Crippen molar-refractivity contribution >= 4 is 6.03 Å². The molecule has 1 saturated heterocycles. The highest BCUT2D eigenvalue weighted by atomic mass is 16.2. The number of rotatable bonds is 1. The Labute approximate surface area is 88.9 Å². The van der Waals surface area contributed by atoms with Crippen LogP contribution in [0.25, 0.3) is 0 Å². The van der Waals surface area contributed by atoms with Gasteiger partial charge in [-0.3, -0.25) is 4.57 Å². The molecule has 0 aliphatic carbocycles. The average molecular weight is 208 g/mol. The molecule has 2 heterocycles. The van der Waals surface area contributed by atoms with Crippen LogP contribution < -0.4 is 10.6 Å². The van der Waals surface area contributed by atoms with Crippen molar-refractivity contribution in [1.29, 1.82) is 0 Å². The molecule has 5 nitrogen and oxygen atoms in total. The lowest BCUT2D eigenvalue weighted by molar-refractivity contribution is 0.238. The average Bonchev–Trinajstić information content (AvgIpc) is 2.75. The van der Waals surface area contributed by atoms with Crippen molar-refractivity contribution in [3.63, 3.8) is 0 Å². The molecule has 1 aliphatic rings. The Hall–Kier alpha value is -1.36. The zero-order valence-electron chi connectivity index (χ0n) is 9.08. The molecule has 1 unspecified atom stereocenters. The Morgan fingerprint density at radius 1 is 1.67 bits per heavy atom. The molecule has 0 spiro atoms. The minimum Gasteiger partial charge on any atom is -0.333 e. The maximum Gasteiger partial charge on any atom is 0.327 e. The lowest BCUT2D eigenvalue weighted by Crippen LogP contribution is -2.39. The fourth-order valence-electron chi connectivity index (χ4n) is 1.85. The van der Waals surface area contributed by atoms with Crippen molar-refractivity contribution in [2.45, 2.75) is 26.3 Å². The molecule has 1 atom stereocenters. The fourth-order valence-corrected chi connectivity index (χ4v) is 1.85. The van der Waals surface area contributed by atoms with Gasteiger partial charge in [-0.2, -0.15) is 0 Å². The van der Waals surface area contributed by atoms with Gasteiger partial charge in [0.25, 0.3) is 0 Å². The lowest BCUT2D eigenvalue weighted by Gasteiger charge is -2.11. The number of aromatic nitrogens is 2. The largest absolute Gasteiger partial charge is 0.333 e. The van der Waals surface area contributed by atoms with Crippen molar-refractivity contribution in [2.75, 3.05) is 13.1 Å². The summed E-state index contributed by atoms with van der Waals surface area (Å²) in [7, 11) is 0. The first-order valence-electron chi connectivity index (χ1n) is 5.21. The normalized spacial score (nSPS) is 20.5. The van der Waals surface area contributed by atoms with Crippen LogP contribution in [0.2, 0.25) is 0 Å². The maximum atomic E-state index is 11.8. The molecule has 0 saturated carbocycles. The molecule has 1 amide bonds. The number of nitrogens with one attached hydrogen (secondary N) is 2. The van der Waals surface area contributed by atoms with Crippen LogP contribution in [0.3, 0.4) is 0 Å². The van der Waals surface area contributed by atoms with E-state index in [9.17, 15) is 4.79 Å². The predicted octanol–water partition coefficient (Wildman–Crippen LogP) is 0.420. The second-order valence-corrected chi connectivity index (χ2v) is 3.94. The van der Waals surface area contributed by atoms with Gasteiger partial charge in [0.15, 0.2) is 0 Å². The van der Waals surface area contributed by atoms with Gasteiger partial charge in [0.1, 0.15) is 5.82 Å². The van der Waals surface area contributed by atoms with Gasteiger partial charge in [0.05, 0.1) is 5.69 Å². The van der Waals surface area contributed by atoms with Crippen LogP contribution in [-0.2, 0) is 0 Å². The molecule has 2 rings (SSSR count). The lowest BCUT2D eigenvalue weighted by atomic mass is 10.3. The summed E-state index contributed by atoms with van der Waals surface area (Å²) < 4.78 is 1.56. The molecular formula is C10H16N4O. The van der Waals surface area contributed by atoms with E-state index in [1.165, 1.54) is 0 Å². The number of amides is 1. The van der Waals surface area contributed by atoms with E-state index in [4.69, 9.17) is 0 Å². The third kappa shape index (κ3) is 2.18. The van der Waals surface area contributed by atoms with E-state index >= 15 is 0 Å². The number of hydrogen-bond acceptors (Lipinski definition) is 3. The summed E-state index contributed by atoms with van der Waals surface area (Å²) in [6.07, 6.45) is 2.76. The monoisotopic (exact) mass is 208 g/mol. The first kappa shape index (κ1) is 10.2. The number of nitrogens with zero attached hydrogens (tertiary/aromatic N) is 2. The molecule has 0 radical (unpaired) electrons. The Morgan fingerprint density at radius 3 is 3.00 bits per heavy atom. The molecule has 1 aromatic heterocycles. The number of aryl methyl sites for hydroxylation is 2. The second kappa shape index (κ2) is 4.02. The van der Waals surface area contributed by atoms with E-state index in [0.717, 1.165) is 31.0 Å². The first-order chi connectivity index (χ1) is 7.16. The second-order valence-electron chi connectivity index (χ2n) is 3.94. The van der Waals surface area contributed by atoms with Crippen LogP contribution in [0.1, 0.15) is 17.9 Å². The number of carbonyl (C=O) groups excluding carboxylic acids is 1. The standard InChI is InChI=1S/C10H16N4O/c1-7-6-14(8(2)12-7)10(15)13-9-3-4-11-5-9/h6,9,11H,3-5H2,1-2H3,(H,13,15). The highest BCUT2D eigenvalue weighted by Gasteiger charge is 2.18. The van der Waals surface area contributed by atoms with Crippen molar-refractivity contribution in [3.8, 4) is 0 Å². The Kier molecular flexibility index (Phi) is 2.73. The summed E-state index contributed by atoms with van der Waals surface area (Å²) >= 11 is 0. The molecule has 15 heavy (non-hydrogen) atoms. The predicted molar refractivity (Wildman–Crippen MR) is 56.9 cm³/mol. The van der Waals surface area contributed by atoms with Crippen LogP contribution in [0.4, 0.5) is 4.79 Å². The van der Waals surface area contributed by atoms with E-state index < -0.39 is 0 Å². The number of imidazole rings is 1. The van der Waals surface area contributed by atoms with Crippen molar-refractivity contribution < 1.29 is 4.79 Å². The molecule has 82 valence electrons. The third-order valence-electron chi connectivity index (χ3n) is 2.61. The summed E-state index contributed by atoms with van der Waals surface area (Å²) in [4.78, 5) is 16.0. The fraction of sp³-hybridized carbons (Fsp3) is 0.600. The Bertz CT molecular complexity index is 365. The van der Waals surface area contributed by atoms with Gasteiger partial charge in [0, 0.05) is 18.8 Å². The van der Waals surface area contributed by atoms with Crippen LogP contribution in [0.15, 0.2) is 6.20 Å². The zero-order chi connectivity index (χ0) is 10.8. The molecule has 1 fully saturated rings. The van der Waals surface area contributed by atoms with Gasteiger partial charge in [-0.05, 0) is 26.8 Å². The Morgan fingerprint density at radius 2 is 2.47 bits per heavy atom. The zero-order valence-corrected chi connectivity index (χ0v) is 9.08. The summed E-state index contributed by atoms with van der Waals surface area (Å²) in [6.45, 7) is 5.55. The molecule has 1 aliphatic heterocycles. The topological polar surface area (TPSA) is 59.0 Å². The van der Waals surface area contributed by atoms with Crippen LogP contribution in [-0.4, -0.2) is 34.7 Å². The van der Waals surface area contributed by atoms with Gasteiger partial charge in [-0.25, -0.2) is 9.78 Å². The van der Waals surface area contributed by atoms with E-state index in [1.54, 1.807) is 10.8 Å². The van der Waals surface area contributed by atoms with Gasteiger partial charge >= 0.3 is 6.03 Å². The Balaban J connectivity index is 2.03. The SMILES string of the molecule is Cc1cn(C(=O)NC2CCNC2)c(C)n1. The minimum atomic E-state index is -0.0817. The van der Waals surface area contributed by atoms with Crippen LogP contribution in [0.5, 0.6) is 0 Å². The molecule has 1 aromatic rings. The highest BCUT2D eigenvalue weighted by molar-refractivity contribution is 5.77. The van der Waals surface area contributed by atoms with E-state index in [1.807, 2.05) is 13.8 Å². The van der Waals surface area contributed by atoms with Crippen LogP contribution >= 0.6 is 0 Å². The molecule has 0 aromatic carbocycles. The quantitative estimate of drug-likeness (QED) is 0.703. The smallest absolute Gasteiger partial charge is 0.327 e. The minimum absolute atomic E-state index is 0.0817. The number of hydrogen-bond donors (Lipinski definition) is 2.